The van der Waals surface area contributed by atoms with Crippen molar-refractivity contribution in [2.24, 2.45) is 11.3 Å². The maximum atomic E-state index is 13.4. The summed E-state index contributed by atoms with van der Waals surface area (Å²) < 4.78 is 31.1. The molecule has 0 aliphatic carbocycles. The molecule has 6 rings (SSSR count). The van der Waals surface area contributed by atoms with Gasteiger partial charge < -0.3 is 19.5 Å². The van der Waals surface area contributed by atoms with Crippen LogP contribution < -0.4 is 14.8 Å². The van der Waals surface area contributed by atoms with Crippen LogP contribution in [0.3, 0.4) is 0 Å². The Morgan fingerprint density at radius 3 is 2.55 bits per heavy atom. The van der Waals surface area contributed by atoms with Gasteiger partial charge in [-0.2, -0.15) is 0 Å². The van der Waals surface area contributed by atoms with Crippen LogP contribution in [0.4, 0.5) is 9.18 Å². The second-order valence-electron chi connectivity index (χ2n) is 10.0. The third kappa shape index (κ3) is 4.26. The third-order valence-electron chi connectivity index (χ3n) is 7.30. The van der Waals surface area contributed by atoms with E-state index in [1.54, 1.807) is 19.2 Å². The van der Waals surface area contributed by atoms with E-state index >= 15 is 0 Å². The smallest absolute Gasteiger partial charge is 0.407 e. The summed E-state index contributed by atoms with van der Waals surface area (Å²) in [7, 11) is 1.60. The molecule has 6 nitrogen and oxygen atoms in total. The Morgan fingerprint density at radius 1 is 1.18 bits per heavy atom. The van der Waals surface area contributed by atoms with E-state index in [1.807, 2.05) is 12.1 Å². The van der Waals surface area contributed by atoms with Gasteiger partial charge in [-0.3, -0.25) is 4.90 Å². The van der Waals surface area contributed by atoms with E-state index in [0.29, 0.717) is 24.0 Å². The SMILES string of the molecule is COc1cc2c(cc1-c1ccc(F)cc1)OCC(C)(C)C2NC(=O)O[C@@H]1CN2CCC1CC2. The zero-order chi connectivity index (χ0) is 23.2. The fourth-order valence-electron chi connectivity index (χ4n) is 5.33. The van der Waals surface area contributed by atoms with Crippen LogP contribution in [-0.4, -0.2) is 50.4 Å². The van der Waals surface area contributed by atoms with Gasteiger partial charge in [-0.05, 0) is 61.7 Å². The number of halogens is 1. The van der Waals surface area contributed by atoms with Crippen LogP contribution >= 0.6 is 0 Å². The van der Waals surface area contributed by atoms with E-state index in [9.17, 15) is 9.18 Å². The highest BCUT2D eigenvalue weighted by Gasteiger charge is 2.41. The highest BCUT2D eigenvalue weighted by Crippen LogP contribution is 2.47. The highest BCUT2D eigenvalue weighted by molar-refractivity contribution is 5.74. The number of nitrogens with zero attached hydrogens (tertiary/aromatic N) is 1. The van der Waals surface area contributed by atoms with Crippen LogP contribution in [-0.2, 0) is 4.74 Å². The number of nitrogens with one attached hydrogen (secondary N) is 1. The minimum Gasteiger partial charge on any atom is -0.496 e. The lowest BCUT2D eigenvalue weighted by Gasteiger charge is -2.44. The number of benzene rings is 2. The van der Waals surface area contributed by atoms with Crippen molar-refractivity contribution in [3.05, 3.63) is 47.8 Å². The minimum atomic E-state index is -0.388. The molecule has 1 N–H and O–H groups in total. The molecule has 3 saturated heterocycles. The molecular weight excluding hydrogens is 423 g/mol. The zero-order valence-corrected chi connectivity index (χ0v) is 19.4. The summed E-state index contributed by atoms with van der Waals surface area (Å²) >= 11 is 0. The van der Waals surface area contributed by atoms with E-state index in [1.165, 1.54) is 12.1 Å². The molecule has 4 aliphatic heterocycles. The molecular formula is C26H31FN2O4. The molecule has 7 heteroatoms. The van der Waals surface area contributed by atoms with Crippen molar-refractivity contribution in [1.29, 1.82) is 0 Å². The summed E-state index contributed by atoms with van der Waals surface area (Å²) in [6, 6.07) is 9.80. The first-order chi connectivity index (χ1) is 15.8. The van der Waals surface area contributed by atoms with Crippen molar-refractivity contribution in [1.82, 2.24) is 10.2 Å². The fraction of sp³-hybridized carbons (Fsp3) is 0.500. The molecule has 176 valence electrons. The molecule has 3 fully saturated rings. The maximum Gasteiger partial charge on any atom is 0.407 e. The lowest BCUT2D eigenvalue weighted by molar-refractivity contribution is -0.0361. The van der Waals surface area contributed by atoms with Crippen molar-refractivity contribution in [2.45, 2.75) is 38.8 Å². The molecule has 0 aromatic heterocycles. The number of ether oxygens (including phenoxy) is 3. The number of amides is 1. The lowest BCUT2D eigenvalue weighted by atomic mass is 9.78. The van der Waals surface area contributed by atoms with E-state index in [-0.39, 0.29) is 29.5 Å². The van der Waals surface area contributed by atoms with Gasteiger partial charge in [-0.1, -0.05) is 26.0 Å². The summed E-state index contributed by atoms with van der Waals surface area (Å²) in [5, 5.41) is 3.13. The quantitative estimate of drug-likeness (QED) is 0.721. The normalized spacial score (nSPS) is 27.3. The van der Waals surface area contributed by atoms with E-state index in [0.717, 1.165) is 49.2 Å². The summed E-state index contributed by atoms with van der Waals surface area (Å²) in [6.07, 6.45) is 1.74. The van der Waals surface area contributed by atoms with Crippen LogP contribution in [0.5, 0.6) is 11.5 Å². The average Bonchev–Trinajstić information content (AvgIpc) is 2.81. The molecule has 2 aromatic rings. The van der Waals surface area contributed by atoms with Crippen LogP contribution in [0.1, 0.15) is 38.3 Å². The van der Waals surface area contributed by atoms with Crippen LogP contribution in [0.2, 0.25) is 0 Å². The van der Waals surface area contributed by atoms with Crippen LogP contribution in [0, 0.1) is 17.2 Å². The number of methoxy groups -OCH3 is 1. The van der Waals surface area contributed by atoms with Gasteiger partial charge in [0, 0.05) is 23.1 Å². The summed E-state index contributed by atoms with van der Waals surface area (Å²) in [5.41, 5.74) is 2.14. The van der Waals surface area contributed by atoms with Gasteiger partial charge in [-0.25, -0.2) is 9.18 Å². The fourth-order valence-corrected chi connectivity index (χ4v) is 5.33. The Hall–Kier alpha value is -2.80. The van der Waals surface area contributed by atoms with Crippen LogP contribution in [0.25, 0.3) is 11.1 Å². The Labute approximate surface area is 194 Å². The Bertz CT molecular complexity index is 1030. The number of carbonyl (C=O) groups excluding carboxylic acids is 1. The first kappa shape index (κ1) is 22.0. The number of carbonyl (C=O) groups is 1. The standard InChI is InChI=1S/C26H31FN2O4/c1-26(2)15-32-22-12-19(16-4-6-18(27)7-5-16)21(31-3)13-20(22)24(26)28-25(30)33-23-14-29-10-8-17(23)9-11-29/h4-7,12-13,17,23-24H,8-11,14-15H2,1-3H3,(H,28,30)/t23-,24?/m1/s1. The largest absolute Gasteiger partial charge is 0.496 e. The molecule has 4 heterocycles. The van der Waals surface area contributed by atoms with Gasteiger partial charge in [-0.15, -0.1) is 0 Å². The predicted octanol–water partition coefficient (Wildman–Crippen LogP) is 4.78. The van der Waals surface area contributed by atoms with Crippen molar-refractivity contribution in [3.8, 4) is 22.6 Å². The Balaban J connectivity index is 1.41. The minimum absolute atomic E-state index is 0.0506. The number of piperidine rings is 3. The van der Waals surface area contributed by atoms with E-state index in [2.05, 4.69) is 24.1 Å². The highest BCUT2D eigenvalue weighted by atomic mass is 19.1. The Kier molecular flexibility index (Phi) is 5.69. The first-order valence-electron chi connectivity index (χ1n) is 11.6. The van der Waals surface area contributed by atoms with Crippen LogP contribution in [0.15, 0.2) is 36.4 Å². The molecule has 0 saturated carbocycles. The maximum absolute atomic E-state index is 13.4. The molecule has 2 aromatic carbocycles. The molecule has 0 spiro atoms. The molecule has 4 aliphatic rings. The molecule has 0 radical (unpaired) electrons. The van der Waals surface area contributed by atoms with Crippen molar-refractivity contribution in [3.63, 3.8) is 0 Å². The van der Waals surface area contributed by atoms with Gasteiger partial charge in [0.15, 0.2) is 0 Å². The molecule has 1 unspecified atom stereocenters. The monoisotopic (exact) mass is 454 g/mol. The van der Waals surface area contributed by atoms with Gasteiger partial charge in [0.1, 0.15) is 23.4 Å². The topological polar surface area (TPSA) is 60.0 Å². The van der Waals surface area contributed by atoms with Gasteiger partial charge in [0.05, 0.1) is 19.8 Å². The Morgan fingerprint density at radius 2 is 1.91 bits per heavy atom. The number of hydrogen-bond acceptors (Lipinski definition) is 5. The average molecular weight is 455 g/mol. The number of alkyl carbamates (subject to hydrolysis) is 1. The second kappa shape index (κ2) is 8.52. The van der Waals surface area contributed by atoms with E-state index < -0.39 is 0 Å². The summed E-state index contributed by atoms with van der Waals surface area (Å²) in [4.78, 5) is 15.3. The number of rotatable bonds is 4. The summed E-state index contributed by atoms with van der Waals surface area (Å²) in [5.74, 6) is 1.48. The lowest BCUT2D eigenvalue weighted by Crippen LogP contribution is -2.53. The molecule has 2 bridgehead atoms. The second-order valence-corrected chi connectivity index (χ2v) is 10.0. The zero-order valence-electron chi connectivity index (χ0n) is 19.4. The van der Waals surface area contributed by atoms with Gasteiger partial charge >= 0.3 is 6.09 Å². The van der Waals surface area contributed by atoms with E-state index in [4.69, 9.17) is 14.2 Å². The van der Waals surface area contributed by atoms with Gasteiger partial charge in [0.2, 0.25) is 0 Å². The molecule has 1 amide bonds. The molecule has 2 atom stereocenters. The number of hydrogen-bond donors (Lipinski definition) is 1. The third-order valence-corrected chi connectivity index (χ3v) is 7.30. The first-order valence-corrected chi connectivity index (χ1v) is 11.6. The summed E-state index contributed by atoms with van der Waals surface area (Å²) in [6.45, 7) is 7.59. The number of fused-ring (bicyclic) bond motifs is 4. The van der Waals surface area contributed by atoms with Crippen molar-refractivity contribution >= 4 is 6.09 Å². The predicted molar refractivity (Wildman–Crippen MR) is 123 cm³/mol. The molecule has 33 heavy (non-hydrogen) atoms. The van der Waals surface area contributed by atoms with Gasteiger partial charge in [0.25, 0.3) is 0 Å². The van der Waals surface area contributed by atoms with Crippen molar-refractivity contribution < 1.29 is 23.4 Å². The van der Waals surface area contributed by atoms with Crippen molar-refractivity contribution in [2.75, 3.05) is 33.4 Å².